The van der Waals surface area contributed by atoms with E-state index in [9.17, 15) is 0 Å². The summed E-state index contributed by atoms with van der Waals surface area (Å²) < 4.78 is 0. The molecule has 2 N–H and O–H groups in total. The molecule has 1 aromatic rings. The molecule has 0 atom stereocenters. The Hall–Kier alpha value is -1.08. The van der Waals surface area contributed by atoms with E-state index in [0.29, 0.717) is 12.5 Å². The van der Waals surface area contributed by atoms with E-state index in [-0.39, 0.29) is 0 Å². The maximum Gasteiger partial charge on any atom is 0.0142 e. The van der Waals surface area contributed by atoms with Gasteiger partial charge in [0.1, 0.15) is 0 Å². The summed E-state index contributed by atoms with van der Waals surface area (Å²) >= 11 is 0. The highest BCUT2D eigenvalue weighted by molar-refractivity contribution is 5.55. The molecule has 1 nitrogen and oxygen atoms in total. The normalized spacial score (nSPS) is 12.3. The summed E-state index contributed by atoms with van der Waals surface area (Å²) in [4.78, 5) is 0. The Morgan fingerprint density at radius 3 is 2.13 bits per heavy atom. The van der Waals surface area contributed by atoms with Crippen molar-refractivity contribution in [1.82, 2.24) is 0 Å². The lowest BCUT2D eigenvalue weighted by molar-refractivity contribution is 0.752. The third-order valence-electron chi connectivity index (χ3n) is 2.57. The summed E-state index contributed by atoms with van der Waals surface area (Å²) in [6.45, 7) is 9.26. The maximum absolute atomic E-state index is 5.73. The Bertz CT molecular complexity index is 341. The van der Waals surface area contributed by atoms with Crippen molar-refractivity contribution in [2.45, 2.75) is 27.7 Å². The molecular formula is C14H21N. The van der Waals surface area contributed by atoms with Crippen LogP contribution in [0.5, 0.6) is 0 Å². The zero-order chi connectivity index (χ0) is 11.4. The Morgan fingerprint density at radius 1 is 1.20 bits per heavy atom. The largest absolute Gasteiger partial charge is 0.327 e. The smallest absolute Gasteiger partial charge is 0.0142 e. The molecule has 0 fully saturated rings. The fourth-order valence-corrected chi connectivity index (χ4v) is 1.77. The minimum Gasteiger partial charge on any atom is -0.327 e. The minimum atomic E-state index is 0.524. The number of hydrogen-bond acceptors (Lipinski definition) is 1. The van der Waals surface area contributed by atoms with Gasteiger partial charge in [0.2, 0.25) is 0 Å². The molecular weight excluding hydrogens is 182 g/mol. The van der Waals surface area contributed by atoms with E-state index in [4.69, 9.17) is 5.73 Å². The van der Waals surface area contributed by atoms with Gasteiger partial charge >= 0.3 is 0 Å². The second kappa shape index (κ2) is 5.13. The molecule has 0 saturated carbocycles. The van der Waals surface area contributed by atoms with Crippen molar-refractivity contribution in [2.24, 2.45) is 11.7 Å². The van der Waals surface area contributed by atoms with E-state index in [1.807, 2.05) is 0 Å². The Kier molecular flexibility index (Phi) is 4.10. The van der Waals surface area contributed by atoms with Gasteiger partial charge in [-0.3, -0.25) is 0 Å². The van der Waals surface area contributed by atoms with E-state index in [1.54, 1.807) is 0 Å². The lowest BCUT2D eigenvalue weighted by Crippen LogP contribution is -2.08. The first-order chi connectivity index (χ1) is 7.02. The van der Waals surface area contributed by atoms with E-state index >= 15 is 0 Å². The summed E-state index contributed by atoms with van der Waals surface area (Å²) in [5.74, 6) is 0.524. The number of hydrogen-bond donors (Lipinski definition) is 1. The molecule has 0 bridgehead atoms. The fourth-order valence-electron chi connectivity index (χ4n) is 1.77. The quantitative estimate of drug-likeness (QED) is 0.801. The van der Waals surface area contributed by atoms with Crippen molar-refractivity contribution in [3.05, 3.63) is 40.5 Å². The lowest BCUT2D eigenvalue weighted by Gasteiger charge is -2.09. The van der Waals surface area contributed by atoms with Gasteiger partial charge in [-0.25, -0.2) is 0 Å². The molecule has 0 aliphatic heterocycles. The second-order valence-electron chi connectivity index (χ2n) is 4.50. The van der Waals surface area contributed by atoms with Crippen molar-refractivity contribution < 1.29 is 0 Å². The van der Waals surface area contributed by atoms with E-state index < -0.39 is 0 Å². The third-order valence-corrected chi connectivity index (χ3v) is 2.57. The number of nitrogens with two attached hydrogens (primary N) is 1. The van der Waals surface area contributed by atoms with Gasteiger partial charge in [0.25, 0.3) is 0 Å². The van der Waals surface area contributed by atoms with Gasteiger partial charge in [-0.05, 0) is 25.3 Å². The molecule has 0 radical (unpaired) electrons. The first kappa shape index (κ1) is 12.0. The zero-order valence-corrected chi connectivity index (χ0v) is 10.2. The molecule has 0 heterocycles. The monoisotopic (exact) mass is 203 g/mol. The van der Waals surface area contributed by atoms with Crippen LogP contribution in [0, 0.1) is 19.8 Å². The second-order valence-corrected chi connectivity index (χ2v) is 4.50. The molecule has 1 aromatic carbocycles. The molecule has 0 amide bonds. The summed E-state index contributed by atoms with van der Waals surface area (Å²) in [6, 6.07) is 6.59. The van der Waals surface area contributed by atoms with Crippen LogP contribution in [-0.4, -0.2) is 6.54 Å². The molecule has 0 spiro atoms. The molecule has 0 saturated heterocycles. The van der Waals surface area contributed by atoms with Crippen molar-refractivity contribution in [3.8, 4) is 0 Å². The Labute approximate surface area is 93.0 Å². The third kappa shape index (κ3) is 3.52. The van der Waals surface area contributed by atoms with Crippen molar-refractivity contribution >= 4 is 6.08 Å². The topological polar surface area (TPSA) is 26.0 Å². The standard InChI is InChI=1S/C14H21N/c1-10(2)14(9-15)8-13-6-11(3)5-12(4)7-13/h5-8,10H,9,15H2,1-4H3. The summed E-state index contributed by atoms with van der Waals surface area (Å²) in [5.41, 5.74) is 10.9. The van der Waals surface area contributed by atoms with Crippen LogP contribution < -0.4 is 5.73 Å². The van der Waals surface area contributed by atoms with Gasteiger partial charge in [-0.1, -0.05) is 54.8 Å². The van der Waals surface area contributed by atoms with Crippen LogP contribution in [-0.2, 0) is 0 Å². The molecule has 82 valence electrons. The van der Waals surface area contributed by atoms with E-state index in [1.165, 1.54) is 22.3 Å². The zero-order valence-electron chi connectivity index (χ0n) is 10.2. The molecule has 0 aromatic heterocycles. The fraction of sp³-hybridized carbons (Fsp3) is 0.429. The van der Waals surface area contributed by atoms with Gasteiger partial charge < -0.3 is 5.73 Å². The van der Waals surface area contributed by atoms with Gasteiger partial charge in [0, 0.05) is 6.54 Å². The molecule has 1 rings (SSSR count). The average Bonchev–Trinajstić information content (AvgIpc) is 2.12. The predicted molar refractivity (Wildman–Crippen MR) is 67.8 cm³/mol. The molecule has 0 aliphatic carbocycles. The summed E-state index contributed by atoms with van der Waals surface area (Å²) in [6.07, 6.45) is 2.21. The van der Waals surface area contributed by atoms with Crippen molar-refractivity contribution in [1.29, 1.82) is 0 Å². The highest BCUT2D eigenvalue weighted by Crippen LogP contribution is 2.16. The molecule has 0 aliphatic rings. The van der Waals surface area contributed by atoms with Crippen LogP contribution in [0.2, 0.25) is 0 Å². The lowest BCUT2D eigenvalue weighted by atomic mass is 9.99. The van der Waals surface area contributed by atoms with E-state index in [2.05, 4.69) is 52.0 Å². The van der Waals surface area contributed by atoms with Crippen LogP contribution in [0.25, 0.3) is 6.08 Å². The van der Waals surface area contributed by atoms with Crippen LogP contribution >= 0.6 is 0 Å². The maximum atomic E-state index is 5.73. The van der Waals surface area contributed by atoms with Gasteiger partial charge in [-0.2, -0.15) is 0 Å². The van der Waals surface area contributed by atoms with Gasteiger partial charge in [-0.15, -0.1) is 0 Å². The molecule has 0 unspecified atom stereocenters. The van der Waals surface area contributed by atoms with Crippen LogP contribution in [0.4, 0.5) is 0 Å². The number of rotatable bonds is 3. The first-order valence-corrected chi connectivity index (χ1v) is 5.51. The van der Waals surface area contributed by atoms with Crippen LogP contribution in [0.3, 0.4) is 0 Å². The highest BCUT2D eigenvalue weighted by Gasteiger charge is 2.01. The van der Waals surface area contributed by atoms with Crippen LogP contribution in [0.1, 0.15) is 30.5 Å². The average molecular weight is 203 g/mol. The first-order valence-electron chi connectivity index (χ1n) is 5.51. The highest BCUT2D eigenvalue weighted by atomic mass is 14.5. The van der Waals surface area contributed by atoms with Gasteiger partial charge in [0.15, 0.2) is 0 Å². The van der Waals surface area contributed by atoms with Crippen LogP contribution in [0.15, 0.2) is 23.8 Å². The number of aryl methyl sites for hydroxylation is 2. The SMILES string of the molecule is Cc1cc(C)cc(C=C(CN)C(C)C)c1. The van der Waals surface area contributed by atoms with Crippen molar-refractivity contribution in [3.63, 3.8) is 0 Å². The summed E-state index contributed by atoms with van der Waals surface area (Å²) in [7, 11) is 0. The minimum absolute atomic E-state index is 0.524. The Morgan fingerprint density at radius 2 is 1.73 bits per heavy atom. The van der Waals surface area contributed by atoms with Crippen molar-refractivity contribution in [2.75, 3.05) is 6.54 Å². The number of benzene rings is 1. The van der Waals surface area contributed by atoms with Gasteiger partial charge in [0.05, 0.1) is 0 Å². The summed E-state index contributed by atoms with van der Waals surface area (Å²) in [5, 5.41) is 0. The van der Waals surface area contributed by atoms with E-state index in [0.717, 1.165) is 0 Å². The predicted octanol–water partition coefficient (Wildman–Crippen LogP) is 3.30. The molecule has 1 heteroatoms. The molecule has 15 heavy (non-hydrogen) atoms. The Balaban J connectivity index is 3.05.